The number of fused-ring (bicyclic) bond motifs is 1. The van der Waals surface area contributed by atoms with Crippen LogP contribution in [0, 0.1) is 0 Å². The molecule has 0 fully saturated rings. The van der Waals surface area contributed by atoms with Crippen LogP contribution in [0.2, 0.25) is 0 Å². The van der Waals surface area contributed by atoms with Crippen molar-refractivity contribution < 1.29 is 30.0 Å². The lowest BCUT2D eigenvalue weighted by Crippen LogP contribution is -2.26. The molecule has 1 heterocycles. The monoisotopic (exact) mass is 288 g/mol. The number of ether oxygens (including phenoxy) is 1. The summed E-state index contributed by atoms with van der Waals surface area (Å²) < 4.78 is 5.41. The molecule has 1 atom stereocenters. The van der Waals surface area contributed by atoms with Crippen molar-refractivity contribution in [2.24, 2.45) is 0 Å². The summed E-state index contributed by atoms with van der Waals surface area (Å²) in [4.78, 5) is 12.5. The maximum Gasteiger partial charge on any atom is 0.181 e. The number of carbonyl (C=O) groups excluding carboxylic acids is 1. The quantitative estimate of drug-likeness (QED) is 0.597. The van der Waals surface area contributed by atoms with Gasteiger partial charge in [-0.25, -0.2) is 0 Å². The van der Waals surface area contributed by atoms with Crippen LogP contribution < -0.4 is 4.74 Å². The minimum Gasteiger partial charge on any atom is -0.508 e. The second kappa shape index (κ2) is 4.59. The molecule has 2 aromatic rings. The molecule has 0 saturated heterocycles. The number of phenolic OH excluding ortho intramolecular Hbond substituents is 4. The Kier molecular flexibility index (Phi) is 2.86. The number of hydrogen-bond acceptors (Lipinski definition) is 6. The normalized spacial score (nSPS) is 17.1. The van der Waals surface area contributed by atoms with Crippen LogP contribution in [0.25, 0.3) is 0 Å². The highest BCUT2D eigenvalue weighted by Gasteiger charge is 2.33. The highest BCUT2D eigenvalue weighted by molar-refractivity contribution is 6.06. The molecule has 3 rings (SSSR count). The lowest BCUT2D eigenvalue weighted by atomic mass is 9.88. The predicted molar refractivity (Wildman–Crippen MR) is 72.1 cm³/mol. The van der Waals surface area contributed by atoms with Gasteiger partial charge in [-0.1, -0.05) is 6.07 Å². The maximum atomic E-state index is 12.5. The zero-order valence-corrected chi connectivity index (χ0v) is 10.8. The molecule has 0 bridgehead atoms. The van der Waals surface area contributed by atoms with E-state index in [1.165, 1.54) is 24.3 Å². The minimum atomic E-state index is -0.709. The average molecular weight is 288 g/mol. The van der Waals surface area contributed by atoms with Crippen molar-refractivity contribution in [1.82, 2.24) is 0 Å². The zero-order chi connectivity index (χ0) is 15.1. The highest BCUT2D eigenvalue weighted by atomic mass is 16.5. The van der Waals surface area contributed by atoms with Gasteiger partial charge in [-0.3, -0.25) is 4.79 Å². The number of carbonyl (C=O) groups is 1. The molecule has 0 amide bonds. The number of hydrogen-bond donors (Lipinski definition) is 4. The molecular weight excluding hydrogens is 276 g/mol. The minimum absolute atomic E-state index is 0.00313. The van der Waals surface area contributed by atoms with Crippen molar-refractivity contribution >= 4 is 5.78 Å². The third-order valence-corrected chi connectivity index (χ3v) is 3.44. The largest absolute Gasteiger partial charge is 0.508 e. The van der Waals surface area contributed by atoms with Gasteiger partial charge in [-0.05, 0) is 17.7 Å². The summed E-state index contributed by atoms with van der Waals surface area (Å²) in [6.07, 6.45) is 0. The van der Waals surface area contributed by atoms with Crippen LogP contribution >= 0.6 is 0 Å². The first-order chi connectivity index (χ1) is 9.97. The molecule has 0 saturated carbocycles. The van der Waals surface area contributed by atoms with Gasteiger partial charge < -0.3 is 25.2 Å². The van der Waals surface area contributed by atoms with E-state index in [9.17, 15) is 25.2 Å². The summed E-state index contributed by atoms with van der Waals surface area (Å²) in [7, 11) is 0. The van der Waals surface area contributed by atoms with E-state index < -0.39 is 5.92 Å². The molecule has 0 radical (unpaired) electrons. The summed E-state index contributed by atoms with van der Waals surface area (Å²) in [5.74, 6) is -2.13. The van der Waals surface area contributed by atoms with Gasteiger partial charge in [0.05, 0.1) is 5.92 Å². The third-order valence-electron chi connectivity index (χ3n) is 3.44. The van der Waals surface area contributed by atoms with Crippen LogP contribution in [0.15, 0.2) is 30.3 Å². The summed E-state index contributed by atoms with van der Waals surface area (Å²) in [5.41, 5.74) is 0.463. The Morgan fingerprint density at radius 1 is 0.952 bits per heavy atom. The molecule has 0 unspecified atom stereocenters. The number of phenols is 4. The molecule has 4 N–H and O–H groups in total. The Bertz CT molecular complexity index is 737. The molecule has 1 aliphatic rings. The Morgan fingerprint density at radius 2 is 1.71 bits per heavy atom. The molecule has 1 aliphatic heterocycles. The predicted octanol–water partition coefficient (Wildman–Crippen LogP) is 1.87. The van der Waals surface area contributed by atoms with Crippen molar-refractivity contribution in [3.05, 3.63) is 41.5 Å². The van der Waals surface area contributed by atoms with Gasteiger partial charge in [0.1, 0.15) is 29.4 Å². The van der Waals surface area contributed by atoms with Crippen LogP contribution in [0.4, 0.5) is 0 Å². The number of Topliss-reactive ketones (excluding diaryl/α,β-unsaturated/α-hetero) is 1. The maximum absolute atomic E-state index is 12.5. The molecule has 0 aliphatic carbocycles. The van der Waals surface area contributed by atoms with Gasteiger partial charge in [0.15, 0.2) is 17.3 Å². The van der Waals surface area contributed by atoms with E-state index in [0.29, 0.717) is 5.56 Å². The lowest BCUT2D eigenvalue weighted by molar-refractivity contribution is 0.0892. The van der Waals surface area contributed by atoms with Crippen LogP contribution in [0.5, 0.6) is 28.7 Å². The van der Waals surface area contributed by atoms with E-state index in [1.807, 2.05) is 0 Å². The van der Waals surface area contributed by atoms with Crippen molar-refractivity contribution in [2.45, 2.75) is 5.92 Å². The van der Waals surface area contributed by atoms with Crippen LogP contribution in [0.3, 0.4) is 0 Å². The Labute approximate surface area is 119 Å². The molecule has 2 aromatic carbocycles. The van der Waals surface area contributed by atoms with Gasteiger partial charge in [0, 0.05) is 12.1 Å². The SMILES string of the molecule is O=C1c2c(O)cc(O)cc2OC[C@@H]1c1ccc(O)c(O)c1. The van der Waals surface area contributed by atoms with Crippen LogP contribution in [-0.4, -0.2) is 32.8 Å². The number of aromatic hydroxyl groups is 4. The van der Waals surface area contributed by atoms with Crippen LogP contribution in [0.1, 0.15) is 21.8 Å². The van der Waals surface area contributed by atoms with Gasteiger partial charge in [0.2, 0.25) is 0 Å². The van der Waals surface area contributed by atoms with Gasteiger partial charge in [-0.2, -0.15) is 0 Å². The van der Waals surface area contributed by atoms with E-state index in [2.05, 4.69) is 0 Å². The first-order valence-corrected chi connectivity index (χ1v) is 6.22. The van der Waals surface area contributed by atoms with E-state index in [4.69, 9.17) is 4.74 Å². The highest BCUT2D eigenvalue weighted by Crippen LogP contribution is 2.41. The molecular formula is C15H12O6. The topological polar surface area (TPSA) is 107 Å². The number of rotatable bonds is 1. The van der Waals surface area contributed by atoms with E-state index in [-0.39, 0.29) is 46.7 Å². The fourth-order valence-electron chi connectivity index (χ4n) is 2.38. The second-order valence-electron chi connectivity index (χ2n) is 4.81. The van der Waals surface area contributed by atoms with Crippen molar-refractivity contribution in [2.75, 3.05) is 6.61 Å². The first kappa shape index (κ1) is 13.1. The molecule has 21 heavy (non-hydrogen) atoms. The van der Waals surface area contributed by atoms with E-state index >= 15 is 0 Å². The van der Waals surface area contributed by atoms with Gasteiger partial charge in [0.25, 0.3) is 0 Å². The standard InChI is InChI=1S/C15H12O6/c16-8-4-12(19)14-13(5-8)21-6-9(15(14)20)7-1-2-10(17)11(18)3-7/h1-5,9,16-19H,6H2/t9-/m1/s1. The first-order valence-electron chi connectivity index (χ1n) is 6.22. The Morgan fingerprint density at radius 3 is 2.43 bits per heavy atom. The van der Waals surface area contributed by atoms with Gasteiger partial charge >= 0.3 is 0 Å². The third kappa shape index (κ3) is 2.10. The summed E-state index contributed by atoms with van der Waals surface area (Å²) in [6.45, 7) is 0.0128. The Balaban J connectivity index is 2.04. The Hall–Kier alpha value is -2.89. The fourth-order valence-corrected chi connectivity index (χ4v) is 2.38. The fraction of sp³-hybridized carbons (Fsp3) is 0.133. The summed E-state index contributed by atoms with van der Waals surface area (Å²) in [6, 6.07) is 6.39. The second-order valence-corrected chi connectivity index (χ2v) is 4.81. The van der Waals surface area contributed by atoms with Crippen molar-refractivity contribution in [3.63, 3.8) is 0 Å². The number of benzene rings is 2. The van der Waals surface area contributed by atoms with E-state index in [0.717, 1.165) is 6.07 Å². The zero-order valence-electron chi connectivity index (χ0n) is 10.8. The summed E-state index contributed by atoms with van der Waals surface area (Å²) in [5, 5.41) is 38.0. The van der Waals surface area contributed by atoms with E-state index in [1.54, 1.807) is 0 Å². The van der Waals surface area contributed by atoms with Crippen molar-refractivity contribution in [1.29, 1.82) is 0 Å². The average Bonchev–Trinajstić information content (AvgIpc) is 2.41. The lowest BCUT2D eigenvalue weighted by Gasteiger charge is -2.25. The summed E-state index contributed by atoms with van der Waals surface area (Å²) >= 11 is 0. The van der Waals surface area contributed by atoms with Crippen molar-refractivity contribution in [3.8, 4) is 28.7 Å². The van der Waals surface area contributed by atoms with Gasteiger partial charge in [-0.15, -0.1) is 0 Å². The molecule has 108 valence electrons. The molecule has 6 heteroatoms. The molecule has 0 spiro atoms. The smallest absolute Gasteiger partial charge is 0.181 e. The van der Waals surface area contributed by atoms with Crippen LogP contribution in [-0.2, 0) is 0 Å². The number of ketones is 1. The molecule has 6 nitrogen and oxygen atoms in total. The molecule has 0 aromatic heterocycles.